The van der Waals surface area contributed by atoms with E-state index in [0.717, 1.165) is 51.4 Å². The molecule has 1 heterocycles. The van der Waals surface area contributed by atoms with Crippen LogP contribution in [0.15, 0.2) is 30.3 Å². The topological polar surface area (TPSA) is 58.8 Å². The van der Waals surface area contributed by atoms with Gasteiger partial charge < -0.3 is 15.4 Å². The van der Waals surface area contributed by atoms with Crippen LogP contribution in [0.5, 0.6) is 0 Å². The van der Waals surface area contributed by atoms with Gasteiger partial charge in [-0.2, -0.15) is 0 Å². The quantitative estimate of drug-likeness (QED) is 0.776. The SMILES string of the molecule is CCOCCN1CCN(C(=O)C(N)c2ccccc2)CC1CC. The molecule has 1 fully saturated rings. The third kappa shape index (κ3) is 4.77. The summed E-state index contributed by atoms with van der Waals surface area (Å²) in [6.45, 7) is 9.00. The molecular weight excluding hydrogens is 290 g/mol. The minimum absolute atomic E-state index is 0.0270. The van der Waals surface area contributed by atoms with Gasteiger partial charge in [0.1, 0.15) is 6.04 Å². The summed E-state index contributed by atoms with van der Waals surface area (Å²) in [6.07, 6.45) is 1.02. The number of benzene rings is 1. The van der Waals surface area contributed by atoms with E-state index < -0.39 is 6.04 Å². The summed E-state index contributed by atoms with van der Waals surface area (Å²) in [7, 11) is 0. The Bertz CT molecular complexity index is 480. The molecule has 1 saturated heterocycles. The van der Waals surface area contributed by atoms with Crippen molar-refractivity contribution in [2.24, 2.45) is 5.73 Å². The Morgan fingerprint density at radius 2 is 2.04 bits per heavy atom. The fourth-order valence-electron chi connectivity index (χ4n) is 3.10. The normalized spacial score (nSPS) is 20.5. The van der Waals surface area contributed by atoms with Gasteiger partial charge in [-0.3, -0.25) is 9.69 Å². The summed E-state index contributed by atoms with van der Waals surface area (Å²) in [4.78, 5) is 17.0. The van der Waals surface area contributed by atoms with Crippen LogP contribution in [0.1, 0.15) is 31.9 Å². The van der Waals surface area contributed by atoms with E-state index in [9.17, 15) is 4.79 Å². The maximum atomic E-state index is 12.7. The average molecular weight is 319 g/mol. The number of carbonyl (C=O) groups excluding carboxylic acids is 1. The highest BCUT2D eigenvalue weighted by Crippen LogP contribution is 2.18. The molecule has 2 N–H and O–H groups in total. The molecule has 1 aliphatic rings. The second kappa shape index (κ2) is 9.01. The molecule has 0 aliphatic carbocycles. The summed E-state index contributed by atoms with van der Waals surface area (Å²) >= 11 is 0. The Morgan fingerprint density at radius 1 is 1.30 bits per heavy atom. The lowest BCUT2D eigenvalue weighted by Gasteiger charge is -2.41. The predicted molar refractivity (Wildman–Crippen MR) is 92.1 cm³/mol. The highest BCUT2D eigenvalue weighted by Gasteiger charge is 2.30. The molecule has 2 rings (SSSR count). The number of ether oxygens (including phenoxy) is 1. The first-order valence-electron chi connectivity index (χ1n) is 8.58. The Hall–Kier alpha value is -1.43. The highest BCUT2D eigenvalue weighted by atomic mass is 16.5. The zero-order chi connectivity index (χ0) is 16.7. The number of nitrogens with two attached hydrogens (primary N) is 1. The number of carbonyl (C=O) groups is 1. The van der Waals surface area contributed by atoms with Crippen LogP contribution in [0, 0.1) is 0 Å². The van der Waals surface area contributed by atoms with Crippen LogP contribution in [0.25, 0.3) is 0 Å². The van der Waals surface area contributed by atoms with E-state index in [1.807, 2.05) is 42.2 Å². The van der Waals surface area contributed by atoms with E-state index in [2.05, 4.69) is 11.8 Å². The highest BCUT2D eigenvalue weighted by molar-refractivity contribution is 5.83. The molecule has 5 heteroatoms. The Balaban J connectivity index is 1.93. The lowest BCUT2D eigenvalue weighted by Crippen LogP contribution is -2.56. The van der Waals surface area contributed by atoms with E-state index in [0.29, 0.717) is 6.04 Å². The summed E-state index contributed by atoms with van der Waals surface area (Å²) < 4.78 is 5.46. The maximum Gasteiger partial charge on any atom is 0.244 e. The number of rotatable bonds is 7. The van der Waals surface area contributed by atoms with Crippen molar-refractivity contribution >= 4 is 5.91 Å². The van der Waals surface area contributed by atoms with Gasteiger partial charge in [-0.25, -0.2) is 0 Å². The minimum atomic E-state index is -0.566. The lowest BCUT2D eigenvalue weighted by molar-refractivity contribution is -0.136. The van der Waals surface area contributed by atoms with E-state index in [1.54, 1.807) is 0 Å². The Labute approximate surface area is 139 Å². The van der Waals surface area contributed by atoms with Crippen LogP contribution in [0.4, 0.5) is 0 Å². The molecule has 0 spiro atoms. The van der Waals surface area contributed by atoms with Gasteiger partial charge in [-0.15, -0.1) is 0 Å². The van der Waals surface area contributed by atoms with Crippen LogP contribution in [0.2, 0.25) is 0 Å². The molecule has 0 saturated carbocycles. The predicted octanol–water partition coefficient (Wildman–Crippen LogP) is 1.65. The van der Waals surface area contributed by atoms with Crippen LogP contribution >= 0.6 is 0 Å². The Morgan fingerprint density at radius 3 is 2.70 bits per heavy atom. The maximum absolute atomic E-state index is 12.7. The zero-order valence-electron chi connectivity index (χ0n) is 14.3. The third-order valence-electron chi connectivity index (χ3n) is 4.54. The smallest absolute Gasteiger partial charge is 0.244 e. The van der Waals surface area contributed by atoms with Crippen LogP contribution < -0.4 is 5.73 Å². The molecule has 2 unspecified atom stereocenters. The first-order valence-corrected chi connectivity index (χ1v) is 8.58. The van der Waals surface area contributed by atoms with Gasteiger partial charge in [0.25, 0.3) is 0 Å². The van der Waals surface area contributed by atoms with Crippen molar-refractivity contribution in [1.82, 2.24) is 9.80 Å². The van der Waals surface area contributed by atoms with Crippen LogP contribution in [0.3, 0.4) is 0 Å². The van der Waals surface area contributed by atoms with Crippen LogP contribution in [-0.4, -0.2) is 61.1 Å². The van der Waals surface area contributed by atoms with Gasteiger partial charge in [0, 0.05) is 38.8 Å². The second-order valence-electron chi connectivity index (χ2n) is 5.97. The Kier molecular flexibility index (Phi) is 7.02. The monoisotopic (exact) mass is 319 g/mol. The van der Waals surface area contributed by atoms with Crippen molar-refractivity contribution < 1.29 is 9.53 Å². The molecular formula is C18H29N3O2. The third-order valence-corrected chi connectivity index (χ3v) is 4.54. The summed E-state index contributed by atoms with van der Waals surface area (Å²) in [6, 6.07) is 9.42. The van der Waals surface area contributed by atoms with Gasteiger partial charge in [0.15, 0.2) is 0 Å². The van der Waals surface area contributed by atoms with Gasteiger partial charge in [0.05, 0.1) is 6.61 Å². The van der Waals surface area contributed by atoms with Crippen molar-refractivity contribution in [2.45, 2.75) is 32.4 Å². The number of nitrogens with zero attached hydrogens (tertiary/aromatic N) is 2. The van der Waals surface area contributed by atoms with Gasteiger partial charge in [-0.05, 0) is 18.9 Å². The second-order valence-corrected chi connectivity index (χ2v) is 5.97. The van der Waals surface area contributed by atoms with Gasteiger partial charge >= 0.3 is 0 Å². The van der Waals surface area contributed by atoms with E-state index in [1.165, 1.54) is 0 Å². The fourth-order valence-corrected chi connectivity index (χ4v) is 3.10. The van der Waals surface area contributed by atoms with Crippen molar-refractivity contribution in [3.05, 3.63) is 35.9 Å². The van der Waals surface area contributed by atoms with Crippen molar-refractivity contribution in [3.8, 4) is 0 Å². The van der Waals surface area contributed by atoms with Crippen molar-refractivity contribution in [1.29, 1.82) is 0 Å². The number of piperazine rings is 1. The molecule has 128 valence electrons. The average Bonchev–Trinajstić information content (AvgIpc) is 2.61. The number of hydrogen-bond donors (Lipinski definition) is 1. The molecule has 5 nitrogen and oxygen atoms in total. The van der Waals surface area contributed by atoms with E-state index >= 15 is 0 Å². The van der Waals surface area contributed by atoms with Gasteiger partial charge in [0.2, 0.25) is 5.91 Å². The molecule has 23 heavy (non-hydrogen) atoms. The molecule has 0 bridgehead atoms. The first-order chi connectivity index (χ1) is 11.2. The summed E-state index contributed by atoms with van der Waals surface area (Å²) in [5.74, 6) is 0.0270. The molecule has 1 aromatic rings. The number of amides is 1. The molecule has 0 radical (unpaired) electrons. The standard InChI is InChI=1S/C18H29N3O2/c1-3-16-14-21(11-10-20(16)12-13-23-4-2)18(22)17(19)15-8-6-5-7-9-15/h5-9,16-17H,3-4,10-14,19H2,1-2H3. The molecule has 2 atom stereocenters. The molecule has 1 aliphatic heterocycles. The van der Waals surface area contributed by atoms with Crippen molar-refractivity contribution in [2.75, 3.05) is 39.4 Å². The summed E-state index contributed by atoms with van der Waals surface area (Å²) in [5, 5.41) is 0. The fraction of sp³-hybridized carbons (Fsp3) is 0.611. The van der Waals surface area contributed by atoms with E-state index in [4.69, 9.17) is 10.5 Å². The lowest BCUT2D eigenvalue weighted by atomic mass is 10.0. The summed E-state index contributed by atoms with van der Waals surface area (Å²) in [5.41, 5.74) is 7.04. The molecule has 1 amide bonds. The first kappa shape index (κ1) is 17.9. The molecule has 0 aromatic heterocycles. The molecule has 1 aromatic carbocycles. The van der Waals surface area contributed by atoms with E-state index in [-0.39, 0.29) is 5.91 Å². The van der Waals surface area contributed by atoms with Crippen LogP contribution in [-0.2, 0) is 9.53 Å². The largest absolute Gasteiger partial charge is 0.380 e. The minimum Gasteiger partial charge on any atom is -0.380 e. The number of hydrogen-bond acceptors (Lipinski definition) is 4. The van der Waals surface area contributed by atoms with Crippen molar-refractivity contribution in [3.63, 3.8) is 0 Å². The zero-order valence-corrected chi connectivity index (χ0v) is 14.3. The van der Waals surface area contributed by atoms with Gasteiger partial charge in [-0.1, -0.05) is 37.3 Å².